The number of hydrogen-bond donors (Lipinski definition) is 1. The lowest BCUT2D eigenvalue weighted by Gasteiger charge is -2.32. The van der Waals surface area contributed by atoms with E-state index in [1.165, 1.54) is 0 Å². The van der Waals surface area contributed by atoms with Gasteiger partial charge in [0.2, 0.25) is 5.91 Å². The van der Waals surface area contributed by atoms with E-state index in [9.17, 15) is 4.79 Å². The summed E-state index contributed by atoms with van der Waals surface area (Å²) in [5.74, 6) is 1.02. The van der Waals surface area contributed by atoms with Crippen LogP contribution < -0.4 is 10.2 Å². The van der Waals surface area contributed by atoms with Crippen molar-refractivity contribution in [1.82, 2.24) is 19.7 Å². The molecule has 29 heavy (non-hydrogen) atoms. The van der Waals surface area contributed by atoms with Gasteiger partial charge in [0.1, 0.15) is 5.82 Å². The van der Waals surface area contributed by atoms with E-state index in [2.05, 4.69) is 25.3 Å². The van der Waals surface area contributed by atoms with Gasteiger partial charge in [-0.05, 0) is 63.9 Å². The smallest absolute Gasteiger partial charge is 0.227 e. The molecule has 0 radical (unpaired) electrons. The number of piperidine rings is 1. The first-order valence-corrected chi connectivity index (χ1v) is 9.98. The first-order valence-electron chi connectivity index (χ1n) is 9.98. The fourth-order valence-electron chi connectivity index (χ4n) is 3.88. The fraction of sp³-hybridized carbons (Fsp3) is 0.364. The molecule has 0 unspecified atom stereocenters. The van der Waals surface area contributed by atoms with Gasteiger partial charge in [0.15, 0.2) is 0 Å². The van der Waals surface area contributed by atoms with Crippen LogP contribution in [0.5, 0.6) is 0 Å². The van der Waals surface area contributed by atoms with Crippen LogP contribution in [0.25, 0.3) is 5.69 Å². The highest BCUT2D eigenvalue weighted by atomic mass is 16.1. The second kappa shape index (κ2) is 8.03. The number of carbonyl (C=O) groups is 1. The summed E-state index contributed by atoms with van der Waals surface area (Å²) in [7, 11) is 0. The molecule has 2 aromatic heterocycles. The van der Waals surface area contributed by atoms with Gasteiger partial charge >= 0.3 is 0 Å². The highest BCUT2D eigenvalue weighted by molar-refractivity contribution is 5.92. The van der Waals surface area contributed by atoms with E-state index in [-0.39, 0.29) is 11.8 Å². The highest BCUT2D eigenvalue weighted by Crippen LogP contribution is 2.24. The number of amides is 1. The predicted octanol–water partition coefficient (Wildman–Crippen LogP) is 3.44. The number of nitrogens with one attached hydrogen (secondary N) is 1. The van der Waals surface area contributed by atoms with Gasteiger partial charge in [-0.15, -0.1) is 0 Å². The number of rotatable bonds is 4. The van der Waals surface area contributed by atoms with Crippen molar-refractivity contribution in [2.45, 2.75) is 33.6 Å². The Morgan fingerprint density at radius 2 is 1.72 bits per heavy atom. The molecule has 3 heterocycles. The molecule has 3 aromatic rings. The largest absolute Gasteiger partial charge is 0.355 e. The molecule has 1 fully saturated rings. The molecule has 7 nitrogen and oxygen atoms in total. The number of aromatic nitrogens is 4. The third kappa shape index (κ3) is 4.13. The molecule has 150 valence electrons. The normalized spacial score (nSPS) is 14.8. The third-order valence-electron chi connectivity index (χ3n) is 5.41. The Labute approximate surface area is 170 Å². The maximum atomic E-state index is 12.7. The third-order valence-corrected chi connectivity index (χ3v) is 5.41. The second-order valence-electron chi connectivity index (χ2n) is 7.60. The molecule has 0 spiro atoms. The van der Waals surface area contributed by atoms with E-state index in [1.54, 1.807) is 12.4 Å². The molecule has 0 bridgehead atoms. The second-order valence-corrected chi connectivity index (χ2v) is 7.60. The van der Waals surface area contributed by atoms with Crippen LogP contribution in [0.2, 0.25) is 0 Å². The SMILES string of the molecule is Cc1cc(C)n(-c2ccc(NC(=O)C3CCN(c4nccnc4C)CC3)cc2)n1. The average molecular weight is 390 g/mol. The van der Waals surface area contributed by atoms with E-state index in [4.69, 9.17) is 0 Å². The number of nitrogens with zero attached hydrogens (tertiary/aromatic N) is 5. The number of anilines is 2. The van der Waals surface area contributed by atoms with E-state index in [0.29, 0.717) is 0 Å². The Bertz CT molecular complexity index is 1000. The summed E-state index contributed by atoms with van der Waals surface area (Å²) < 4.78 is 1.91. The van der Waals surface area contributed by atoms with Crippen LogP contribution in [0.4, 0.5) is 11.5 Å². The molecule has 1 N–H and O–H groups in total. The maximum absolute atomic E-state index is 12.7. The van der Waals surface area contributed by atoms with Crippen LogP contribution >= 0.6 is 0 Å². The molecule has 0 saturated carbocycles. The van der Waals surface area contributed by atoms with Crippen LogP contribution in [0.3, 0.4) is 0 Å². The molecule has 1 amide bonds. The van der Waals surface area contributed by atoms with Crippen LogP contribution in [0, 0.1) is 26.7 Å². The Kier molecular flexibility index (Phi) is 5.29. The van der Waals surface area contributed by atoms with Crippen LogP contribution in [0.15, 0.2) is 42.7 Å². The van der Waals surface area contributed by atoms with Crippen molar-refractivity contribution in [1.29, 1.82) is 0 Å². The number of benzene rings is 1. The van der Waals surface area contributed by atoms with Crippen LogP contribution in [-0.4, -0.2) is 38.7 Å². The number of carbonyl (C=O) groups excluding carboxylic acids is 1. The van der Waals surface area contributed by atoms with Crippen molar-refractivity contribution in [2.24, 2.45) is 5.92 Å². The van der Waals surface area contributed by atoms with Gasteiger partial charge in [-0.25, -0.2) is 9.67 Å². The molecule has 4 rings (SSSR count). The van der Waals surface area contributed by atoms with Gasteiger partial charge in [-0.3, -0.25) is 9.78 Å². The van der Waals surface area contributed by atoms with Crippen molar-refractivity contribution in [3.05, 3.63) is 59.8 Å². The maximum Gasteiger partial charge on any atom is 0.227 e. The Morgan fingerprint density at radius 3 is 2.34 bits per heavy atom. The summed E-state index contributed by atoms with van der Waals surface area (Å²) in [6.45, 7) is 7.61. The molecular weight excluding hydrogens is 364 g/mol. The summed E-state index contributed by atoms with van der Waals surface area (Å²) in [4.78, 5) is 23.7. The van der Waals surface area contributed by atoms with Crippen molar-refractivity contribution >= 4 is 17.4 Å². The number of aryl methyl sites for hydroxylation is 3. The Morgan fingerprint density at radius 1 is 1.03 bits per heavy atom. The lowest BCUT2D eigenvalue weighted by molar-refractivity contribution is -0.120. The Hall–Kier alpha value is -3.22. The summed E-state index contributed by atoms with van der Waals surface area (Å²) in [5.41, 5.74) is 4.80. The average Bonchev–Trinajstić information content (AvgIpc) is 3.07. The molecule has 1 aliphatic heterocycles. The van der Waals surface area contributed by atoms with E-state index in [0.717, 1.165) is 60.2 Å². The molecule has 1 aromatic carbocycles. The van der Waals surface area contributed by atoms with Crippen molar-refractivity contribution in [3.8, 4) is 5.69 Å². The Balaban J connectivity index is 1.35. The molecule has 0 atom stereocenters. The highest BCUT2D eigenvalue weighted by Gasteiger charge is 2.26. The van der Waals surface area contributed by atoms with Crippen molar-refractivity contribution in [2.75, 3.05) is 23.3 Å². The lowest BCUT2D eigenvalue weighted by atomic mass is 9.95. The van der Waals surface area contributed by atoms with Gasteiger partial charge in [0, 0.05) is 42.8 Å². The summed E-state index contributed by atoms with van der Waals surface area (Å²) >= 11 is 0. The minimum atomic E-state index is 0.0129. The van der Waals surface area contributed by atoms with Gasteiger partial charge in [-0.2, -0.15) is 5.10 Å². The summed E-state index contributed by atoms with van der Waals surface area (Å²) in [6, 6.07) is 9.87. The van der Waals surface area contributed by atoms with E-state index in [1.807, 2.05) is 55.8 Å². The van der Waals surface area contributed by atoms with Crippen LogP contribution in [-0.2, 0) is 4.79 Å². The summed E-state index contributed by atoms with van der Waals surface area (Å²) in [6.07, 6.45) is 5.05. The quantitative estimate of drug-likeness (QED) is 0.738. The lowest BCUT2D eigenvalue weighted by Crippen LogP contribution is -2.39. The molecule has 7 heteroatoms. The standard InChI is InChI=1S/C22H26N6O/c1-15-14-16(2)28(26-15)20-6-4-19(5-7-20)25-22(29)18-8-12-27(13-9-18)21-17(3)23-10-11-24-21/h4-7,10-11,14,18H,8-9,12-13H2,1-3H3,(H,25,29). The first kappa shape index (κ1) is 19.1. The van der Waals surface area contributed by atoms with Gasteiger partial charge in [0.05, 0.1) is 17.1 Å². The minimum absolute atomic E-state index is 0.0129. The van der Waals surface area contributed by atoms with E-state index >= 15 is 0 Å². The molecule has 0 aliphatic carbocycles. The minimum Gasteiger partial charge on any atom is -0.355 e. The molecule has 1 saturated heterocycles. The number of hydrogen-bond acceptors (Lipinski definition) is 5. The summed E-state index contributed by atoms with van der Waals surface area (Å²) in [5, 5.41) is 7.56. The zero-order valence-corrected chi connectivity index (χ0v) is 17.1. The van der Waals surface area contributed by atoms with Crippen LogP contribution in [0.1, 0.15) is 29.9 Å². The zero-order chi connectivity index (χ0) is 20.4. The van der Waals surface area contributed by atoms with Gasteiger partial charge in [-0.1, -0.05) is 0 Å². The molecular formula is C22H26N6O. The van der Waals surface area contributed by atoms with E-state index < -0.39 is 0 Å². The fourth-order valence-corrected chi connectivity index (χ4v) is 3.88. The van der Waals surface area contributed by atoms with Gasteiger partial charge in [0.25, 0.3) is 0 Å². The monoisotopic (exact) mass is 390 g/mol. The first-order chi connectivity index (χ1) is 14.0. The molecule has 1 aliphatic rings. The zero-order valence-electron chi connectivity index (χ0n) is 17.1. The van der Waals surface area contributed by atoms with Gasteiger partial charge < -0.3 is 10.2 Å². The van der Waals surface area contributed by atoms with Crippen molar-refractivity contribution < 1.29 is 4.79 Å². The topological polar surface area (TPSA) is 75.9 Å². The predicted molar refractivity (Wildman–Crippen MR) is 113 cm³/mol. The van der Waals surface area contributed by atoms with Crippen molar-refractivity contribution in [3.63, 3.8) is 0 Å².